The molecule has 0 aliphatic rings. The van der Waals surface area contributed by atoms with Gasteiger partial charge >= 0.3 is 0 Å². The van der Waals surface area contributed by atoms with E-state index in [0.717, 1.165) is 17.3 Å². The maximum Gasteiger partial charge on any atom is 0.258 e. The minimum Gasteiger partial charge on any atom is -0.332 e. The second kappa shape index (κ2) is 8.22. The van der Waals surface area contributed by atoms with E-state index in [0.29, 0.717) is 10.6 Å². The highest BCUT2D eigenvalue weighted by molar-refractivity contribution is 14.1. The molecule has 0 aliphatic heterocycles. The molecule has 1 amide bonds. The van der Waals surface area contributed by atoms with Crippen molar-refractivity contribution < 1.29 is 4.79 Å². The fourth-order valence-electron chi connectivity index (χ4n) is 1.59. The van der Waals surface area contributed by atoms with Crippen LogP contribution in [0.4, 0.5) is 5.69 Å². The van der Waals surface area contributed by atoms with E-state index in [1.807, 2.05) is 24.3 Å². The van der Waals surface area contributed by atoms with Crippen LogP contribution in [0.3, 0.4) is 0 Å². The zero-order chi connectivity index (χ0) is 16.3. The Morgan fingerprint density at radius 3 is 2.59 bits per heavy atom. The Labute approximate surface area is 174 Å². The molecule has 0 unspecified atom stereocenters. The second-order valence-electron chi connectivity index (χ2n) is 4.16. The van der Waals surface area contributed by atoms with Crippen molar-refractivity contribution in [3.05, 3.63) is 58.6 Å². The molecular formula is C14H8BrClI2N2OS. The van der Waals surface area contributed by atoms with Crippen molar-refractivity contribution in [2.24, 2.45) is 0 Å². The van der Waals surface area contributed by atoms with Gasteiger partial charge in [-0.05, 0) is 93.8 Å². The molecule has 0 spiro atoms. The first-order chi connectivity index (χ1) is 10.4. The molecule has 0 saturated heterocycles. The second-order valence-corrected chi connectivity index (χ2v) is 8.30. The number of hydrogen-bond acceptors (Lipinski definition) is 2. The van der Waals surface area contributed by atoms with E-state index in [2.05, 4.69) is 71.7 Å². The number of nitrogens with one attached hydrogen (secondary N) is 2. The molecule has 22 heavy (non-hydrogen) atoms. The van der Waals surface area contributed by atoms with Gasteiger partial charge in [0, 0.05) is 11.6 Å². The van der Waals surface area contributed by atoms with Crippen LogP contribution in [-0.2, 0) is 0 Å². The quantitative estimate of drug-likeness (QED) is 0.347. The molecule has 0 radical (unpaired) electrons. The number of anilines is 1. The summed E-state index contributed by atoms with van der Waals surface area (Å²) in [5.41, 5.74) is 1.21. The van der Waals surface area contributed by atoms with Crippen LogP contribution in [-0.4, -0.2) is 11.0 Å². The fourth-order valence-corrected chi connectivity index (χ4v) is 3.92. The van der Waals surface area contributed by atoms with E-state index >= 15 is 0 Å². The number of rotatable bonds is 2. The lowest BCUT2D eigenvalue weighted by Crippen LogP contribution is -2.34. The summed E-state index contributed by atoms with van der Waals surface area (Å²) < 4.78 is 2.88. The van der Waals surface area contributed by atoms with Crippen molar-refractivity contribution in [2.45, 2.75) is 0 Å². The summed E-state index contributed by atoms with van der Waals surface area (Å²) in [5, 5.41) is 6.24. The molecule has 0 fully saturated rings. The highest BCUT2D eigenvalue weighted by atomic mass is 127. The number of carbonyl (C=O) groups is 1. The van der Waals surface area contributed by atoms with Crippen LogP contribution in [0.1, 0.15) is 10.4 Å². The third-order valence-electron chi connectivity index (χ3n) is 2.58. The molecule has 114 valence electrons. The fraction of sp³-hybridized carbons (Fsp3) is 0. The maximum atomic E-state index is 12.2. The van der Waals surface area contributed by atoms with Crippen LogP contribution in [0.25, 0.3) is 0 Å². The third-order valence-corrected chi connectivity index (χ3v) is 5.17. The van der Waals surface area contributed by atoms with Gasteiger partial charge in [-0.1, -0.05) is 27.5 Å². The minimum atomic E-state index is -0.340. The van der Waals surface area contributed by atoms with Crippen molar-refractivity contribution in [1.82, 2.24) is 5.32 Å². The van der Waals surface area contributed by atoms with Crippen LogP contribution < -0.4 is 10.6 Å². The Hall–Kier alpha value is 0.0300. The summed E-state index contributed by atoms with van der Waals surface area (Å²) in [6, 6.07) is 11.0. The Morgan fingerprint density at radius 2 is 1.91 bits per heavy atom. The first-order valence-electron chi connectivity index (χ1n) is 5.89. The average Bonchev–Trinajstić information content (AvgIpc) is 2.44. The molecule has 0 bridgehead atoms. The summed E-state index contributed by atoms with van der Waals surface area (Å²) in [4.78, 5) is 12.2. The highest BCUT2D eigenvalue weighted by Crippen LogP contribution is 2.23. The summed E-state index contributed by atoms with van der Waals surface area (Å²) in [6.45, 7) is 0. The van der Waals surface area contributed by atoms with E-state index in [1.165, 1.54) is 0 Å². The van der Waals surface area contributed by atoms with E-state index in [4.69, 9.17) is 23.8 Å². The van der Waals surface area contributed by atoms with Gasteiger partial charge in [0.25, 0.3) is 5.91 Å². The lowest BCUT2D eigenvalue weighted by molar-refractivity contribution is 0.0978. The first-order valence-corrected chi connectivity index (χ1v) is 9.63. The lowest BCUT2D eigenvalue weighted by Gasteiger charge is -2.12. The van der Waals surface area contributed by atoms with Crippen molar-refractivity contribution >= 4 is 102 Å². The molecule has 0 heterocycles. The number of thiocarbonyl (C=S) groups is 1. The Bertz CT molecular complexity index is 758. The number of carbonyl (C=O) groups excluding carboxylic acids is 1. The predicted molar refractivity (Wildman–Crippen MR) is 115 cm³/mol. The Balaban J connectivity index is 2.08. The van der Waals surface area contributed by atoms with E-state index in [1.54, 1.807) is 12.1 Å². The maximum absolute atomic E-state index is 12.2. The average molecular weight is 621 g/mol. The van der Waals surface area contributed by atoms with Crippen molar-refractivity contribution in [2.75, 3.05) is 5.32 Å². The monoisotopic (exact) mass is 620 g/mol. The van der Waals surface area contributed by atoms with E-state index < -0.39 is 0 Å². The smallest absolute Gasteiger partial charge is 0.258 e. The van der Waals surface area contributed by atoms with Crippen molar-refractivity contribution in [3.8, 4) is 0 Å². The standard InChI is InChI=1S/C14H8BrClI2N2OS/c15-7-1-4-12(11(18)5-7)19-14(22)20-13(21)9-6-8(17)2-3-10(9)16/h1-6H,(H2,19,20,21,22). The SMILES string of the molecule is O=C(NC(=S)Nc1ccc(Br)cc1I)c1cc(I)ccc1Cl. The molecule has 2 rings (SSSR count). The molecule has 8 heteroatoms. The molecule has 0 aromatic heterocycles. The van der Waals surface area contributed by atoms with Gasteiger partial charge in [-0.25, -0.2) is 0 Å². The predicted octanol–water partition coefficient (Wildman–Crippen LogP) is 5.44. The summed E-state index contributed by atoms with van der Waals surface area (Å²) >= 11 is 18.9. The summed E-state index contributed by atoms with van der Waals surface area (Å²) in [5.74, 6) is -0.340. The molecule has 0 aliphatic carbocycles. The van der Waals surface area contributed by atoms with Gasteiger partial charge in [-0.2, -0.15) is 0 Å². The first kappa shape index (κ1) is 18.4. The molecule has 2 N–H and O–H groups in total. The minimum absolute atomic E-state index is 0.222. The molecule has 3 nitrogen and oxygen atoms in total. The van der Waals surface area contributed by atoms with Crippen LogP contribution >= 0.6 is 84.9 Å². The van der Waals surface area contributed by atoms with Crippen molar-refractivity contribution in [3.63, 3.8) is 0 Å². The highest BCUT2D eigenvalue weighted by Gasteiger charge is 2.13. The van der Waals surface area contributed by atoms with Crippen molar-refractivity contribution in [1.29, 1.82) is 0 Å². The van der Waals surface area contributed by atoms with Crippen LogP contribution in [0.2, 0.25) is 5.02 Å². The van der Waals surface area contributed by atoms with Crippen LogP contribution in [0.5, 0.6) is 0 Å². The van der Waals surface area contributed by atoms with Gasteiger partial charge in [0.1, 0.15) is 0 Å². The van der Waals surface area contributed by atoms with Gasteiger partial charge in [0.15, 0.2) is 5.11 Å². The van der Waals surface area contributed by atoms with E-state index in [-0.39, 0.29) is 11.0 Å². The third kappa shape index (κ3) is 5.02. The van der Waals surface area contributed by atoms with Gasteiger partial charge in [0.2, 0.25) is 0 Å². The Morgan fingerprint density at radius 1 is 1.18 bits per heavy atom. The number of amides is 1. The lowest BCUT2D eigenvalue weighted by atomic mass is 10.2. The van der Waals surface area contributed by atoms with Gasteiger partial charge in [-0.15, -0.1) is 0 Å². The zero-order valence-electron chi connectivity index (χ0n) is 10.8. The number of benzene rings is 2. The number of hydrogen-bond donors (Lipinski definition) is 2. The molecular weight excluding hydrogens is 613 g/mol. The molecule has 0 atom stereocenters. The molecule has 0 saturated carbocycles. The summed E-state index contributed by atoms with van der Waals surface area (Å²) in [7, 11) is 0. The van der Waals surface area contributed by atoms with Crippen LogP contribution in [0.15, 0.2) is 40.9 Å². The zero-order valence-corrected chi connectivity index (χ0v) is 18.3. The molecule has 2 aromatic carbocycles. The topological polar surface area (TPSA) is 41.1 Å². The van der Waals surface area contributed by atoms with E-state index in [9.17, 15) is 4.79 Å². The normalized spacial score (nSPS) is 10.2. The molecule has 2 aromatic rings. The number of halogens is 4. The van der Waals surface area contributed by atoms with Gasteiger partial charge in [-0.3, -0.25) is 10.1 Å². The summed E-state index contributed by atoms with van der Waals surface area (Å²) in [6.07, 6.45) is 0. The van der Waals surface area contributed by atoms with Gasteiger partial charge < -0.3 is 5.32 Å². The van der Waals surface area contributed by atoms with Gasteiger partial charge in [0.05, 0.1) is 16.3 Å². The Kier molecular flexibility index (Phi) is 6.87. The largest absolute Gasteiger partial charge is 0.332 e. The van der Waals surface area contributed by atoms with Crippen LogP contribution in [0, 0.1) is 7.14 Å².